The van der Waals surface area contributed by atoms with Crippen molar-refractivity contribution in [2.24, 2.45) is 0 Å². The maximum Gasteiger partial charge on any atom is 0.192 e. The molecule has 0 aliphatic carbocycles. The van der Waals surface area contributed by atoms with Crippen molar-refractivity contribution in [1.82, 2.24) is 0 Å². The van der Waals surface area contributed by atoms with E-state index < -0.39 is 20.0 Å². The van der Waals surface area contributed by atoms with Crippen LogP contribution in [0.1, 0.15) is 39.4 Å². The third-order valence-corrected chi connectivity index (χ3v) is 9.42. The van der Waals surface area contributed by atoms with Gasteiger partial charge in [-0.05, 0) is 30.6 Å². The molecule has 4 heteroatoms. The molecule has 3 atom stereocenters. The Balaban J connectivity index is 1.91. The number of benzene rings is 1. The summed E-state index contributed by atoms with van der Waals surface area (Å²) in [6.07, 6.45) is -0.786. The van der Waals surface area contributed by atoms with Gasteiger partial charge in [0.2, 0.25) is 0 Å². The van der Waals surface area contributed by atoms with E-state index in [0.29, 0.717) is 6.61 Å². The third-order valence-electron chi connectivity index (χ3n) is 4.92. The zero-order valence-electron chi connectivity index (χ0n) is 15.0. The molecule has 1 aliphatic heterocycles. The van der Waals surface area contributed by atoms with Gasteiger partial charge in [0.1, 0.15) is 12.2 Å². The molecule has 1 unspecified atom stereocenters. The van der Waals surface area contributed by atoms with Crippen LogP contribution in [-0.4, -0.2) is 31.7 Å². The van der Waals surface area contributed by atoms with Crippen LogP contribution in [0, 0.1) is 11.8 Å². The Morgan fingerprint density at radius 1 is 1.30 bits per heavy atom. The lowest BCUT2D eigenvalue weighted by Crippen LogP contribution is -2.42. The Kier molecular flexibility index (Phi) is 5.08. The Labute approximate surface area is 141 Å². The first-order valence-corrected chi connectivity index (χ1v) is 11.0. The van der Waals surface area contributed by atoms with Crippen LogP contribution in [0.25, 0.3) is 0 Å². The molecule has 3 nitrogen and oxygen atoms in total. The number of rotatable bonds is 4. The molecule has 2 rings (SSSR count). The molecule has 0 amide bonds. The van der Waals surface area contributed by atoms with Crippen molar-refractivity contribution in [2.45, 2.75) is 63.6 Å². The Morgan fingerprint density at radius 2 is 1.91 bits per heavy atom. The van der Waals surface area contributed by atoms with Gasteiger partial charge in [0.05, 0.1) is 6.61 Å². The van der Waals surface area contributed by atoms with Crippen LogP contribution >= 0.6 is 0 Å². The average molecular weight is 333 g/mol. The molecule has 1 aromatic carbocycles. The van der Waals surface area contributed by atoms with Gasteiger partial charge in [0.25, 0.3) is 0 Å². The van der Waals surface area contributed by atoms with E-state index in [4.69, 9.17) is 9.16 Å². The van der Waals surface area contributed by atoms with Gasteiger partial charge in [0, 0.05) is 0 Å². The monoisotopic (exact) mass is 332 g/mol. The molecule has 23 heavy (non-hydrogen) atoms. The number of epoxide rings is 1. The molecular weight excluding hydrogens is 304 g/mol. The van der Waals surface area contributed by atoms with Gasteiger partial charge in [-0.15, -0.1) is 0 Å². The molecule has 0 saturated carbocycles. The van der Waals surface area contributed by atoms with Crippen molar-refractivity contribution in [3.05, 3.63) is 35.9 Å². The lowest BCUT2D eigenvalue weighted by atomic mass is 10.1. The first kappa shape index (κ1) is 18.2. The van der Waals surface area contributed by atoms with E-state index >= 15 is 0 Å². The summed E-state index contributed by atoms with van der Waals surface area (Å²) in [4.78, 5) is 0. The van der Waals surface area contributed by atoms with Crippen molar-refractivity contribution in [1.29, 1.82) is 0 Å². The maximum atomic E-state index is 10.1. The van der Waals surface area contributed by atoms with Crippen LogP contribution in [0.2, 0.25) is 18.1 Å². The van der Waals surface area contributed by atoms with E-state index in [0.717, 1.165) is 5.56 Å². The quantitative estimate of drug-likeness (QED) is 0.516. The largest absolute Gasteiger partial charge is 0.414 e. The van der Waals surface area contributed by atoms with E-state index in [1.54, 1.807) is 0 Å². The molecule has 1 fully saturated rings. The number of aliphatic hydroxyl groups excluding tert-OH is 1. The van der Waals surface area contributed by atoms with Crippen molar-refractivity contribution >= 4 is 8.32 Å². The molecule has 0 spiro atoms. The summed E-state index contributed by atoms with van der Waals surface area (Å²) in [5.41, 5.74) is 0.302. The van der Waals surface area contributed by atoms with Gasteiger partial charge < -0.3 is 14.3 Å². The Morgan fingerprint density at radius 3 is 2.48 bits per heavy atom. The minimum atomic E-state index is -1.77. The second-order valence-corrected chi connectivity index (χ2v) is 12.7. The summed E-state index contributed by atoms with van der Waals surface area (Å²) in [7, 11) is -1.77. The van der Waals surface area contributed by atoms with Crippen molar-refractivity contribution in [3.63, 3.8) is 0 Å². The normalized spacial score (nSPS) is 25.4. The van der Waals surface area contributed by atoms with Gasteiger partial charge in [-0.3, -0.25) is 0 Å². The summed E-state index contributed by atoms with van der Waals surface area (Å²) in [6.45, 7) is 13.7. The fourth-order valence-corrected chi connectivity index (χ4v) is 3.00. The van der Waals surface area contributed by atoms with Crippen LogP contribution < -0.4 is 0 Å². The van der Waals surface area contributed by atoms with Gasteiger partial charge in [0.15, 0.2) is 13.9 Å². The molecule has 1 aliphatic rings. The topological polar surface area (TPSA) is 42.0 Å². The highest BCUT2D eigenvalue weighted by atomic mass is 28.4. The molecule has 1 heterocycles. The Hall–Kier alpha value is -1.12. The SMILES string of the molecule is CC(C)(C)[Si](C)(C)OC[C@@H]1O[C@]1(C)C#CC(O)c1ccccc1. The average Bonchev–Trinajstić information content (AvgIpc) is 3.14. The molecule has 126 valence electrons. The van der Waals surface area contributed by atoms with Crippen molar-refractivity contribution in [2.75, 3.05) is 6.61 Å². The van der Waals surface area contributed by atoms with Gasteiger partial charge in [-0.2, -0.15) is 0 Å². The second kappa shape index (κ2) is 6.41. The van der Waals surface area contributed by atoms with Gasteiger partial charge in [-0.1, -0.05) is 62.9 Å². The molecule has 0 bridgehead atoms. The summed E-state index contributed by atoms with van der Waals surface area (Å²) in [5, 5.41) is 10.3. The number of aliphatic hydroxyl groups is 1. The van der Waals surface area contributed by atoms with Crippen molar-refractivity contribution in [3.8, 4) is 11.8 Å². The van der Waals surface area contributed by atoms with Crippen LogP contribution in [0.3, 0.4) is 0 Å². The molecule has 0 radical (unpaired) electrons. The smallest absolute Gasteiger partial charge is 0.192 e. The molecule has 1 saturated heterocycles. The summed E-state index contributed by atoms with van der Waals surface area (Å²) < 4.78 is 11.9. The summed E-state index contributed by atoms with van der Waals surface area (Å²) in [6, 6.07) is 9.45. The van der Waals surface area contributed by atoms with E-state index in [9.17, 15) is 5.11 Å². The second-order valence-electron chi connectivity index (χ2n) is 7.87. The summed E-state index contributed by atoms with van der Waals surface area (Å²) >= 11 is 0. The van der Waals surface area contributed by atoms with Crippen LogP contribution in [-0.2, 0) is 9.16 Å². The highest BCUT2D eigenvalue weighted by Crippen LogP contribution is 2.40. The van der Waals surface area contributed by atoms with E-state index in [1.807, 2.05) is 37.3 Å². The fraction of sp³-hybridized carbons (Fsp3) is 0.579. The highest BCUT2D eigenvalue weighted by molar-refractivity contribution is 6.74. The van der Waals surface area contributed by atoms with Crippen LogP contribution in [0.15, 0.2) is 30.3 Å². The van der Waals surface area contributed by atoms with Crippen LogP contribution in [0.5, 0.6) is 0 Å². The fourth-order valence-electron chi connectivity index (χ4n) is 2.00. The van der Waals surface area contributed by atoms with E-state index in [1.165, 1.54) is 0 Å². The number of ether oxygens (including phenoxy) is 1. The first-order valence-electron chi connectivity index (χ1n) is 8.13. The lowest BCUT2D eigenvalue weighted by molar-refractivity contribution is 0.236. The molecule has 1 aromatic rings. The minimum Gasteiger partial charge on any atom is -0.414 e. The van der Waals surface area contributed by atoms with E-state index in [-0.39, 0.29) is 11.1 Å². The van der Waals surface area contributed by atoms with Crippen LogP contribution in [0.4, 0.5) is 0 Å². The van der Waals surface area contributed by atoms with Gasteiger partial charge >= 0.3 is 0 Å². The van der Waals surface area contributed by atoms with Gasteiger partial charge in [-0.25, -0.2) is 0 Å². The molecule has 1 N–H and O–H groups in total. The standard InChI is InChI=1S/C19H28O3Si/c1-18(2,3)23(5,6)21-14-17-19(4,22-17)13-12-16(20)15-10-8-7-9-11-15/h7-11,16-17,20H,14H2,1-6H3/t16?,17-,19+/m0/s1. The molecule has 0 aromatic heterocycles. The predicted octanol–water partition coefficient (Wildman–Crippen LogP) is 3.90. The zero-order chi connectivity index (χ0) is 17.3. The number of hydrogen-bond donors (Lipinski definition) is 1. The number of hydrogen-bond acceptors (Lipinski definition) is 3. The van der Waals surface area contributed by atoms with E-state index in [2.05, 4.69) is 45.7 Å². The third kappa shape index (κ3) is 4.45. The van der Waals surface area contributed by atoms with Crippen molar-refractivity contribution < 1.29 is 14.3 Å². The zero-order valence-corrected chi connectivity index (χ0v) is 16.0. The maximum absolute atomic E-state index is 10.1. The lowest BCUT2D eigenvalue weighted by Gasteiger charge is -2.36. The Bertz CT molecular complexity index is 595. The summed E-state index contributed by atoms with van der Waals surface area (Å²) in [5.74, 6) is 5.96. The highest BCUT2D eigenvalue weighted by Gasteiger charge is 2.52. The first-order chi connectivity index (χ1) is 10.6. The minimum absolute atomic E-state index is 0.00732. The predicted molar refractivity (Wildman–Crippen MR) is 95.6 cm³/mol. The molecular formula is C19H28O3Si.